The highest BCUT2D eigenvalue weighted by Crippen LogP contribution is 2.31. The number of halogens is 2. The van der Waals surface area contributed by atoms with Crippen molar-refractivity contribution >= 4 is 31.8 Å². The molecule has 0 spiro atoms. The molecule has 40 heavy (non-hydrogen) atoms. The molecule has 1 aromatic heterocycles. The molecule has 3 aromatic rings. The summed E-state index contributed by atoms with van der Waals surface area (Å²) in [6.45, 7) is 8.50. The first kappa shape index (κ1) is 31.1. The highest BCUT2D eigenvalue weighted by Gasteiger charge is 2.26. The minimum atomic E-state index is -4.42. The van der Waals surface area contributed by atoms with Crippen LogP contribution in [0.3, 0.4) is 0 Å². The summed E-state index contributed by atoms with van der Waals surface area (Å²) in [5.74, 6) is -2.15. The Bertz CT molecular complexity index is 1610. The van der Waals surface area contributed by atoms with Crippen LogP contribution in [-0.4, -0.2) is 50.2 Å². The molecule has 0 aliphatic rings. The summed E-state index contributed by atoms with van der Waals surface area (Å²) in [6, 6.07) is 9.34. The number of aromatic nitrogens is 1. The van der Waals surface area contributed by atoms with Crippen molar-refractivity contribution in [1.29, 1.82) is 0 Å². The van der Waals surface area contributed by atoms with Crippen molar-refractivity contribution in [3.63, 3.8) is 0 Å². The van der Waals surface area contributed by atoms with Crippen LogP contribution >= 0.6 is 0 Å². The number of ether oxygens (including phenoxy) is 1. The highest BCUT2D eigenvalue weighted by atomic mass is 32.2. The van der Waals surface area contributed by atoms with Gasteiger partial charge >= 0.3 is 6.09 Å². The zero-order valence-electron chi connectivity index (χ0n) is 23.1. The quantitative estimate of drug-likeness (QED) is 0.352. The van der Waals surface area contributed by atoms with E-state index >= 15 is 0 Å². The van der Waals surface area contributed by atoms with E-state index < -0.39 is 43.4 Å². The van der Waals surface area contributed by atoms with Crippen LogP contribution in [0.4, 0.5) is 19.3 Å². The second-order valence-corrected chi connectivity index (χ2v) is 14.4. The number of hydrogen-bond donors (Lipinski definition) is 1. The lowest BCUT2D eigenvalue weighted by atomic mass is 10.1. The van der Waals surface area contributed by atoms with Gasteiger partial charge in [-0.25, -0.2) is 34.4 Å². The molecule has 0 saturated heterocycles. The number of hydrogen-bond acceptors (Lipinski definition) is 6. The molecule has 0 aliphatic heterocycles. The molecule has 9 nitrogen and oxygen atoms in total. The molecule has 0 aliphatic carbocycles. The van der Waals surface area contributed by atoms with Crippen LogP contribution in [0.1, 0.15) is 40.2 Å². The molecule has 0 saturated carbocycles. The lowest BCUT2D eigenvalue weighted by Crippen LogP contribution is -2.33. The van der Waals surface area contributed by atoms with Gasteiger partial charge in [-0.3, -0.25) is 4.72 Å². The number of anilines is 1. The first-order valence-corrected chi connectivity index (χ1v) is 15.4. The highest BCUT2D eigenvalue weighted by molar-refractivity contribution is 7.92. The van der Waals surface area contributed by atoms with E-state index in [0.29, 0.717) is 11.6 Å². The van der Waals surface area contributed by atoms with Gasteiger partial charge in [0.25, 0.3) is 10.0 Å². The standard InChI is InChI=1S/C27H33F2N3O6S2/c1-18(2)17-39(34,35)30-21-8-7-9-22(14-21)40(36,37)32-16-19(15-31(6)26(33)38-27(3,4)5)12-25(32)23-11-10-20(28)13-24(23)29/h7-14,16,18,30H,15,17H2,1-6H3. The third-order valence-corrected chi connectivity index (χ3v) is 8.71. The van der Waals surface area contributed by atoms with E-state index in [9.17, 15) is 30.4 Å². The molecule has 0 atom stereocenters. The zero-order valence-corrected chi connectivity index (χ0v) is 24.7. The fraction of sp³-hybridized carbons (Fsp3) is 0.370. The largest absolute Gasteiger partial charge is 0.444 e. The minimum absolute atomic E-state index is 0.0354. The van der Waals surface area contributed by atoms with Crippen LogP contribution in [0.15, 0.2) is 59.6 Å². The average molecular weight is 598 g/mol. The number of carbonyl (C=O) groups excluding carboxylic acids is 1. The molecular formula is C27H33F2N3O6S2. The van der Waals surface area contributed by atoms with Gasteiger partial charge < -0.3 is 9.64 Å². The van der Waals surface area contributed by atoms with Crippen molar-refractivity contribution in [1.82, 2.24) is 8.87 Å². The number of rotatable bonds is 9. The lowest BCUT2D eigenvalue weighted by molar-refractivity contribution is 0.0285. The van der Waals surface area contributed by atoms with Gasteiger partial charge in [-0.2, -0.15) is 0 Å². The normalized spacial score (nSPS) is 12.4. The van der Waals surface area contributed by atoms with E-state index in [2.05, 4.69) is 4.72 Å². The van der Waals surface area contributed by atoms with Crippen LogP contribution in [0.5, 0.6) is 0 Å². The first-order valence-electron chi connectivity index (χ1n) is 12.3. The number of carbonyl (C=O) groups is 1. The number of amides is 1. The Morgan fingerprint density at radius 1 is 1.05 bits per heavy atom. The third-order valence-electron chi connectivity index (χ3n) is 5.39. The number of nitrogens with one attached hydrogen (secondary N) is 1. The Labute approximate surface area is 233 Å². The van der Waals surface area contributed by atoms with Gasteiger partial charge in [0.2, 0.25) is 10.0 Å². The molecule has 1 amide bonds. The van der Waals surface area contributed by atoms with Gasteiger partial charge in [0.15, 0.2) is 0 Å². The van der Waals surface area contributed by atoms with Crippen molar-refractivity contribution in [2.24, 2.45) is 5.92 Å². The Morgan fingerprint density at radius 3 is 2.33 bits per heavy atom. The molecule has 13 heteroatoms. The Balaban J connectivity index is 2.08. The van der Waals surface area contributed by atoms with Gasteiger partial charge in [0, 0.05) is 30.6 Å². The summed E-state index contributed by atoms with van der Waals surface area (Å²) in [4.78, 5) is 13.4. The Hall–Kier alpha value is -3.45. The first-order chi connectivity index (χ1) is 18.4. The summed E-state index contributed by atoms with van der Waals surface area (Å²) in [5.41, 5.74) is -0.705. The third kappa shape index (κ3) is 7.81. The number of benzene rings is 2. The van der Waals surface area contributed by atoms with Crippen molar-refractivity contribution < 1.29 is 35.1 Å². The Kier molecular flexibility index (Phi) is 8.99. The second-order valence-electron chi connectivity index (χ2n) is 10.8. The summed E-state index contributed by atoms with van der Waals surface area (Å²) in [6.07, 6.45) is 0.572. The average Bonchev–Trinajstić information content (AvgIpc) is 3.21. The smallest absolute Gasteiger partial charge is 0.410 e. The molecule has 0 fully saturated rings. The van der Waals surface area contributed by atoms with Crippen LogP contribution in [0, 0.1) is 17.6 Å². The maximum absolute atomic E-state index is 14.8. The molecule has 0 unspecified atom stereocenters. The topological polar surface area (TPSA) is 115 Å². The van der Waals surface area contributed by atoms with E-state index in [0.717, 1.165) is 22.2 Å². The molecule has 3 rings (SSSR count). The van der Waals surface area contributed by atoms with E-state index in [4.69, 9.17) is 4.74 Å². The van der Waals surface area contributed by atoms with Gasteiger partial charge in [0.05, 0.1) is 22.9 Å². The predicted molar refractivity (Wildman–Crippen MR) is 149 cm³/mol. The summed E-state index contributed by atoms with van der Waals surface area (Å²) < 4.78 is 89.5. The maximum Gasteiger partial charge on any atom is 0.410 e. The van der Waals surface area contributed by atoms with E-state index in [-0.39, 0.29) is 40.1 Å². The molecule has 0 radical (unpaired) electrons. The van der Waals surface area contributed by atoms with Crippen LogP contribution in [-0.2, 0) is 31.3 Å². The van der Waals surface area contributed by atoms with Crippen molar-refractivity contribution in [3.05, 3.63) is 71.9 Å². The zero-order chi connectivity index (χ0) is 30.0. The number of sulfonamides is 1. The van der Waals surface area contributed by atoms with Crippen LogP contribution in [0.25, 0.3) is 11.3 Å². The van der Waals surface area contributed by atoms with Crippen LogP contribution in [0.2, 0.25) is 0 Å². The molecule has 218 valence electrons. The summed E-state index contributed by atoms with van der Waals surface area (Å²) in [7, 11) is -6.70. The minimum Gasteiger partial charge on any atom is -0.444 e. The van der Waals surface area contributed by atoms with Gasteiger partial charge in [0.1, 0.15) is 17.2 Å². The van der Waals surface area contributed by atoms with Crippen molar-refractivity contribution in [2.75, 3.05) is 17.5 Å². The van der Waals surface area contributed by atoms with E-state index in [1.165, 1.54) is 42.4 Å². The van der Waals surface area contributed by atoms with Gasteiger partial charge in [-0.05, 0) is 68.7 Å². The van der Waals surface area contributed by atoms with Gasteiger partial charge in [-0.1, -0.05) is 19.9 Å². The van der Waals surface area contributed by atoms with Gasteiger partial charge in [-0.15, -0.1) is 0 Å². The van der Waals surface area contributed by atoms with Crippen LogP contribution < -0.4 is 4.72 Å². The molecule has 1 N–H and O–H groups in total. The molecule has 1 heterocycles. The summed E-state index contributed by atoms with van der Waals surface area (Å²) in [5, 5.41) is 0. The predicted octanol–water partition coefficient (Wildman–Crippen LogP) is 5.43. The van der Waals surface area contributed by atoms with Crippen molar-refractivity contribution in [3.8, 4) is 11.3 Å². The van der Waals surface area contributed by atoms with E-state index in [1.54, 1.807) is 34.6 Å². The van der Waals surface area contributed by atoms with E-state index in [1.807, 2.05) is 0 Å². The lowest BCUT2D eigenvalue weighted by Gasteiger charge is -2.24. The van der Waals surface area contributed by atoms with Crippen molar-refractivity contribution in [2.45, 2.75) is 51.7 Å². The fourth-order valence-corrected chi connectivity index (χ4v) is 6.73. The Morgan fingerprint density at radius 2 is 1.73 bits per heavy atom. The maximum atomic E-state index is 14.8. The fourth-order valence-electron chi connectivity index (χ4n) is 3.85. The molecule has 2 aromatic carbocycles. The molecule has 0 bridgehead atoms. The summed E-state index contributed by atoms with van der Waals surface area (Å²) >= 11 is 0. The number of nitrogens with zero attached hydrogens (tertiary/aromatic N) is 2. The second kappa shape index (κ2) is 11.6. The SMILES string of the molecule is CC(C)CS(=O)(=O)Nc1cccc(S(=O)(=O)n2cc(CN(C)C(=O)OC(C)(C)C)cc2-c2ccc(F)cc2F)c1. The molecular weight excluding hydrogens is 564 g/mol. The monoisotopic (exact) mass is 597 g/mol.